The maximum Gasteiger partial charge on any atom is 0.137 e. The largest absolute Gasteiger partial charge is 0.341 e. The van der Waals surface area contributed by atoms with E-state index in [0.717, 1.165) is 55.7 Å². The summed E-state index contributed by atoms with van der Waals surface area (Å²) in [5, 5.41) is 3.33. The van der Waals surface area contributed by atoms with Crippen molar-refractivity contribution in [2.75, 3.05) is 26.2 Å². The maximum atomic E-state index is 4.57. The van der Waals surface area contributed by atoms with Crippen molar-refractivity contribution in [2.45, 2.75) is 20.0 Å². The highest BCUT2D eigenvalue weighted by Gasteiger charge is 2.18. The molecule has 1 N–H and O–H groups in total. The average molecular weight is 353 g/mol. The number of rotatable bonds is 5. The first-order valence-electron chi connectivity index (χ1n) is 8.71. The molecule has 1 aliphatic heterocycles. The van der Waals surface area contributed by atoms with E-state index >= 15 is 0 Å². The molecule has 0 atom stereocenters. The van der Waals surface area contributed by atoms with Crippen LogP contribution in [-0.2, 0) is 13.1 Å². The van der Waals surface area contributed by atoms with Gasteiger partial charge in [0.1, 0.15) is 5.82 Å². The van der Waals surface area contributed by atoms with Crippen molar-refractivity contribution >= 4 is 11.3 Å². The lowest BCUT2D eigenvalue weighted by Gasteiger charge is -2.34. The lowest BCUT2D eigenvalue weighted by atomic mass is 10.2. The molecule has 1 aliphatic rings. The van der Waals surface area contributed by atoms with Gasteiger partial charge in [-0.25, -0.2) is 9.97 Å². The first-order chi connectivity index (χ1) is 12.3. The van der Waals surface area contributed by atoms with Crippen molar-refractivity contribution in [3.05, 3.63) is 58.3 Å². The van der Waals surface area contributed by atoms with E-state index < -0.39 is 0 Å². The highest BCUT2D eigenvalue weighted by molar-refractivity contribution is 7.09. The molecular formula is C19H23N5S. The summed E-state index contributed by atoms with van der Waals surface area (Å²) in [5.74, 6) is 0.952. The van der Waals surface area contributed by atoms with Crippen LogP contribution in [0.1, 0.15) is 16.4 Å². The minimum atomic E-state index is 0.934. The minimum absolute atomic E-state index is 0.934. The number of aromatic amines is 1. The number of piperazine rings is 1. The van der Waals surface area contributed by atoms with Crippen LogP contribution in [-0.4, -0.2) is 50.9 Å². The third kappa shape index (κ3) is 4.15. The van der Waals surface area contributed by atoms with Gasteiger partial charge in [-0.05, 0) is 6.92 Å². The smallest absolute Gasteiger partial charge is 0.137 e. The van der Waals surface area contributed by atoms with Crippen molar-refractivity contribution in [3.8, 4) is 11.4 Å². The summed E-state index contributed by atoms with van der Waals surface area (Å²) in [6.45, 7) is 8.34. The van der Waals surface area contributed by atoms with Crippen LogP contribution in [0.5, 0.6) is 0 Å². The monoisotopic (exact) mass is 353 g/mol. The van der Waals surface area contributed by atoms with Crippen molar-refractivity contribution in [3.63, 3.8) is 0 Å². The summed E-state index contributed by atoms with van der Waals surface area (Å²) >= 11 is 1.74. The summed E-state index contributed by atoms with van der Waals surface area (Å²) < 4.78 is 0. The van der Waals surface area contributed by atoms with Crippen LogP contribution in [0.2, 0.25) is 0 Å². The molecule has 3 aromatic rings. The molecule has 0 bridgehead atoms. The second-order valence-corrected chi connectivity index (χ2v) is 7.60. The maximum absolute atomic E-state index is 4.57. The molecule has 0 unspecified atom stereocenters. The van der Waals surface area contributed by atoms with Gasteiger partial charge < -0.3 is 4.98 Å². The number of imidazole rings is 1. The standard InChI is InChI=1S/C19H23N5S/c1-15-21-18(14-25-15)13-24-9-7-23(8-10-24)12-17-11-20-19(22-17)16-5-3-2-4-6-16/h2-6,11,14H,7-10,12-13H2,1H3,(H,20,22). The predicted molar refractivity (Wildman–Crippen MR) is 101 cm³/mol. The number of nitrogens with zero attached hydrogens (tertiary/aromatic N) is 4. The summed E-state index contributed by atoms with van der Waals surface area (Å²) in [4.78, 5) is 17.5. The van der Waals surface area contributed by atoms with Crippen LogP contribution in [0.15, 0.2) is 41.9 Å². The summed E-state index contributed by atoms with van der Waals surface area (Å²) in [6.07, 6.45) is 1.97. The number of thiazole rings is 1. The minimum Gasteiger partial charge on any atom is -0.341 e. The Kier molecular flexibility index (Phi) is 4.92. The van der Waals surface area contributed by atoms with Crippen molar-refractivity contribution in [1.82, 2.24) is 24.8 Å². The summed E-state index contributed by atoms with van der Waals surface area (Å²) in [5.41, 5.74) is 3.52. The molecule has 0 radical (unpaired) electrons. The fraction of sp³-hybridized carbons (Fsp3) is 0.368. The molecule has 130 valence electrons. The van der Waals surface area contributed by atoms with Crippen LogP contribution in [0, 0.1) is 6.92 Å². The second kappa shape index (κ2) is 7.47. The lowest BCUT2D eigenvalue weighted by Crippen LogP contribution is -2.45. The normalized spacial score (nSPS) is 16.4. The van der Waals surface area contributed by atoms with Crippen LogP contribution >= 0.6 is 11.3 Å². The van der Waals surface area contributed by atoms with Gasteiger partial charge in [0, 0.05) is 62.1 Å². The first-order valence-corrected chi connectivity index (χ1v) is 9.59. The number of aromatic nitrogens is 3. The van der Waals surface area contributed by atoms with Gasteiger partial charge >= 0.3 is 0 Å². The quantitative estimate of drug-likeness (QED) is 0.765. The number of hydrogen-bond donors (Lipinski definition) is 1. The molecule has 25 heavy (non-hydrogen) atoms. The van der Waals surface area contributed by atoms with Gasteiger partial charge in [0.2, 0.25) is 0 Å². The molecule has 0 saturated carbocycles. The average Bonchev–Trinajstić information content (AvgIpc) is 3.27. The number of benzene rings is 1. The van der Waals surface area contributed by atoms with Gasteiger partial charge in [0.15, 0.2) is 0 Å². The zero-order chi connectivity index (χ0) is 17.1. The molecule has 1 aromatic carbocycles. The third-order valence-corrected chi connectivity index (χ3v) is 5.41. The molecular weight excluding hydrogens is 330 g/mol. The van der Waals surface area contributed by atoms with E-state index in [1.165, 1.54) is 11.4 Å². The Balaban J connectivity index is 1.29. The zero-order valence-corrected chi connectivity index (χ0v) is 15.3. The van der Waals surface area contributed by atoms with Gasteiger partial charge in [0.05, 0.1) is 10.7 Å². The van der Waals surface area contributed by atoms with E-state index in [2.05, 4.69) is 49.2 Å². The summed E-state index contributed by atoms with van der Waals surface area (Å²) in [7, 11) is 0. The SMILES string of the molecule is Cc1nc(CN2CCN(Cc3cnc(-c4ccccc4)[nH]3)CC2)cs1. The van der Waals surface area contributed by atoms with Crippen LogP contribution in [0.25, 0.3) is 11.4 Å². The van der Waals surface area contributed by atoms with Gasteiger partial charge in [-0.1, -0.05) is 30.3 Å². The van der Waals surface area contributed by atoms with Gasteiger partial charge in [0.25, 0.3) is 0 Å². The van der Waals surface area contributed by atoms with Crippen molar-refractivity contribution < 1.29 is 0 Å². The molecule has 0 amide bonds. The zero-order valence-electron chi connectivity index (χ0n) is 14.5. The molecule has 4 rings (SSSR count). The highest BCUT2D eigenvalue weighted by Crippen LogP contribution is 2.17. The third-order valence-electron chi connectivity index (χ3n) is 4.59. The fourth-order valence-electron chi connectivity index (χ4n) is 3.24. The number of aryl methyl sites for hydroxylation is 1. The van der Waals surface area contributed by atoms with Gasteiger partial charge in [-0.15, -0.1) is 11.3 Å². The van der Waals surface area contributed by atoms with E-state index in [0.29, 0.717) is 0 Å². The van der Waals surface area contributed by atoms with E-state index in [-0.39, 0.29) is 0 Å². The van der Waals surface area contributed by atoms with E-state index in [1.54, 1.807) is 11.3 Å². The highest BCUT2D eigenvalue weighted by atomic mass is 32.1. The van der Waals surface area contributed by atoms with E-state index in [4.69, 9.17) is 0 Å². The molecule has 5 nitrogen and oxygen atoms in total. The molecule has 0 spiro atoms. The molecule has 0 aliphatic carbocycles. The van der Waals surface area contributed by atoms with Crippen LogP contribution in [0.3, 0.4) is 0 Å². The van der Waals surface area contributed by atoms with Gasteiger partial charge in [-0.3, -0.25) is 9.80 Å². The fourth-order valence-corrected chi connectivity index (χ4v) is 3.84. The molecule has 6 heteroatoms. The van der Waals surface area contributed by atoms with E-state index in [9.17, 15) is 0 Å². The first kappa shape index (κ1) is 16.4. The van der Waals surface area contributed by atoms with E-state index in [1.807, 2.05) is 24.4 Å². The van der Waals surface area contributed by atoms with Crippen molar-refractivity contribution in [1.29, 1.82) is 0 Å². The Bertz CT molecular complexity index is 802. The predicted octanol–water partition coefficient (Wildman–Crippen LogP) is 3.16. The Hall–Kier alpha value is -2.02. The molecule has 1 saturated heterocycles. The molecule has 2 aromatic heterocycles. The summed E-state index contributed by atoms with van der Waals surface area (Å²) in [6, 6.07) is 10.3. The second-order valence-electron chi connectivity index (χ2n) is 6.53. The Morgan fingerprint density at radius 1 is 1.04 bits per heavy atom. The van der Waals surface area contributed by atoms with Crippen LogP contribution in [0.4, 0.5) is 0 Å². The molecule has 3 heterocycles. The topological polar surface area (TPSA) is 48.1 Å². The van der Waals surface area contributed by atoms with Gasteiger partial charge in [-0.2, -0.15) is 0 Å². The molecule has 1 fully saturated rings. The number of hydrogen-bond acceptors (Lipinski definition) is 5. The number of nitrogens with one attached hydrogen (secondary N) is 1. The van der Waals surface area contributed by atoms with Crippen LogP contribution < -0.4 is 0 Å². The Labute approximate surface area is 152 Å². The van der Waals surface area contributed by atoms with Crippen molar-refractivity contribution in [2.24, 2.45) is 0 Å². The Morgan fingerprint density at radius 3 is 2.44 bits per heavy atom. The number of H-pyrrole nitrogens is 1. The Morgan fingerprint density at radius 2 is 1.76 bits per heavy atom. The lowest BCUT2D eigenvalue weighted by molar-refractivity contribution is 0.120.